The molecular weight excluding hydrogens is 236 g/mol. The molecule has 0 saturated carbocycles. The van der Waals surface area contributed by atoms with Crippen LogP contribution < -0.4 is 0 Å². The highest BCUT2D eigenvalue weighted by Gasteiger charge is 2.28. The summed E-state index contributed by atoms with van der Waals surface area (Å²) in [5.41, 5.74) is 4.57. The number of benzene rings is 1. The number of fused-ring (bicyclic) bond motifs is 1. The van der Waals surface area contributed by atoms with Crippen LogP contribution in [0.4, 0.5) is 0 Å². The normalized spacial score (nSPS) is 17.2. The van der Waals surface area contributed by atoms with Crippen molar-refractivity contribution in [2.75, 3.05) is 0 Å². The van der Waals surface area contributed by atoms with E-state index >= 15 is 0 Å². The van der Waals surface area contributed by atoms with Crippen LogP contribution in [0.2, 0.25) is 0 Å². The van der Waals surface area contributed by atoms with Gasteiger partial charge in [-0.15, -0.1) is 11.3 Å². The molecule has 0 amide bonds. The van der Waals surface area contributed by atoms with E-state index in [9.17, 15) is 0 Å². The summed E-state index contributed by atoms with van der Waals surface area (Å²) in [6, 6.07) is 13.3. The maximum absolute atomic E-state index is 2.41. The number of hydrogen-bond acceptors (Lipinski definition) is 1. The highest BCUT2D eigenvalue weighted by Crippen LogP contribution is 2.42. The Labute approximate surface area is 113 Å². The Hall–Kier alpha value is -1.34. The molecule has 1 aliphatic rings. The first kappa shape index (κ1) is 11.7. The topological polar surface area (TPSA) is 0 Å². The van der Waals surface area contributed by atoms with Gasteiger partial charge >= 0.3 is 0 Å². The van der Waals surface area contributed by atoms with Crippen LogP contribution in [0.25, 0.3) is 5.57 Å². The molecule has 0 unspecified atom stereocenters. The second-order valence-electron chi connectivity index (χ2n) is 5.66. The second-order valence-corrected chi connectivity index (χ2v) is 6.95. The van der Waals surface area contributed by atoms with E-state index in [1.807, 2.05) is 11.3 Å². The molecule has 18 heavy (non-hydrogen) atoms. The largest absolute Gasteiger partial charge is 0.141 e. The zero-order chi connectivity index (χ0) is 12.8. The summed E-state index contributed by atoms with van der Waals surface area (Å²) in [6.45, 7) is 6.84. The van der Waals surface area contributed by atoms with E-state index in [4.69, 9.17) is 0 Å². The van der Waals surface area contributed by atoms with E-state index in [1.165, 1.54) is 26.5 Å². The fourth-order valence-electron chi connectivity index (χ4n) is 2.70. The fraction of sp³-hybridized carbons (Fsp3) is 0.294. The van der Waals surface area contributed by atoms with Crippen molar-refractivity contribution in [3.63, 3.8) is 0 Å². The maximum Gasteiger partial charge on any atom is 0.0348 e. The van der Waals surface area contributed by atoms with Gasteiger partial charge in [0.1, 0.15) is 0 Å². The van der Waals surface area contributed by atoms with Crippen LogP contribution in [0, 0.1) is 6.92 Å². The Balaban J connectivity index is 2.17. The molecule has 3 rings (SSSR count). The molecule has 0 aliphatic heterocycles. The Morgan fingerprint density at radius 3 is 2.56 bits per heavy atom. The number of aryl methyl sites for hydroxylation is 1. The van der Waals surface area contributed by atoms with Gasteiger partial charge in [0.05, 0.1) is 0 Å². The third kappa shape index (κ3) is 1.83. The Bertz CT molecular complexity index is 614. The number of hydrogen-bond donors (Lipinski definition) is 0. The highest BCUT2D eigenvalue weighted by molar-refractivity contribution is 7.13. The molecule has 0 bridgehead atoms. The van der Waals surface area contributed by atoms with Crippen LogP contribution in [-0.2, 0) is 5.41 Å². The van der Waals surface area contributed by atoms with E-state index < -0.39 is 0 Å². The molecule has 0 saturated heterocycles. The van der Waals surface area contributed by atoms with Crippen molar-refractivity contribution in [1.29, 1.82) is 0 Å². The van der Waals surface area contributed by atoms with Crippen molar-refractivity contribution < 1.29 is 0 Å². The van der Waals surface area contributed by atoms with Crippen LogP contribution >= 0.6 is 11.3 Å². The van der Waals surface area contributed by atoms with Crippen LogP contribution in [0.5, 0.6) is 0 Å². The van der Waals surface area contributed by atoms with Crippen molar-refractivity contribution >= 4 is 16.9 Å². The van der Waals surface area contributed by atoms with Gasteiger partial charge in [-0.3, -0.25) is 0 Å². The zero-order valence-electron chi connectivity index (χ0n) is 11.2. The van der Waals surface area contributed by atoms with Gasteiger partial charge in [0.25, 0.3) is 0 Å². The summed E-state index contributed by atoms with van der Waals surface area (Å²) in [7, 11) is 0. The quantitative estimate of drug-likeness (QED) is 0.658. The molecule has 0 radical (unpaired) electrons. The lowest BCUT2D eigenvalue weighted by molar-refractivity contribution is 0.527. The molecule has 2 aromatic rings. The van der Waals surface area contributed by atoms with Crippen LogP contribution in [0.15, 0.2) is 42.5 Å². The number of thiophene rings is 1. The minimum absolute atomic E-state index is 0.256. The lowest BCUT2D eigenvalue weighted by atomic mass is 9.73. The third-order valence-corrected chi connectivity index (χ3v) is 4.80. The van der Waals surface area contributed by atoms with Gasteiger partial charge in [-0.05, 0) is 47.6 Å². The van der Waals surface area contributed by atoms with Crippen molar-refractivity contribution in [2.45, 2.75) is 32.6 Å². The Morgan fingerprint density at radius 1 is 1.06 bits per heavy atom. The van der Waals surface area contributed by atoms with Gasteiger partial charge in [-0.25, -0.2) is 0 Å². The molecule has 1 aliphatic carbocycles. The maximum atomic E-state index is 2.41. The van der Waals surface area contributed by atoms with E-state index in [0.29, 0.717) is 0 Å². The Morgan fingerprint density at radius 2 is 1.83 bits per heavy atom. The minimum atomic E-state index is 0.256. The molecule has 1 aromatic carbocycles. The predicted molar refractivity (Wildman–Crippen MR) is 80.2 cm³/mol. The van der Waals surface area contributed by atoms with Crippen molar-refractivity contribution in [1.82, 2.24) is 0 Å². The first-order valence-electron chi connectivity index (χ1n) is 6.45. The third-order valence-electron chi connectivity index (χ3n) is 3.77. The average Bonchev–Trinajstić information content (AvgIpc) is 2.76. The van der Waals surface area contributed by atoms with Crippen LogP contribution in [-0.4, -0.2) is 0 Å². The van der Waals surface area contributed by atoms with Gasteiger partial charge in [-0.1, -0.05) is 44.2 Å². The molecule has 0 atom stereocenters. The Kier molecular flexibility index (Phi) is 2.67. The van der Waals surface area contributed by atoms with Crippen LogP contribution in [0.1, 0.15) is 41.1 Å². The summed E-state index contributed by atoms with van der Waals surface area (Å²) in [5, 5.41) is 0. The summed E-state index contributed by atoms with van der Waals surface area (Å²) in [4.78, 5) is 2.78. The minimum Gasteiger partial charge on any atom is -0.141 e. The SMILES string of the molecule is Cc1ccc(C2=CCC(C)(C)c3ccccc32)s1. The molecule has 0 N–H and O–H groups in total. The average molecular weight is 254 g/mol. The van der Waals surface area contributed by atoms with Gasteiger partial charge in [0.15, 0.2) is 0 Å². The molecule has 0 spiro atoms. The van der Waals surface area contributed by atoms with Crippen molar-refractivity contribution in [3.05, 3.63) is 63.4 Å². The summed E-state index contributed by atoms with van der Waals surface area (Å²) in [6.07, 6.45) is 3.53. The van der Waals surface area contributed by atoms with E-state index in [0.717, 1.165) is 6.42 Å². The molecular formula is C17H18S. The van der Waals surface area contributed by atoms with Crippen LogP contribution in [0.3, 0.4) is 0 Å². The number of allylic oxidation sites excluding steroid dienone is 1. The number of rotatable bonds is 1. The molecule has 0 nitrogen and oxygen atoms in total. The van der Waals surface area contributed by atoms with E-state index in [2.05, 4.69) is 63.2 Å². The van der Waals surface area contributed by atoms with Gasteiger partial charge < -0.3 is 0 Å². The van der Waals surface area contributed by atoms with Gasteiger partial charge in [0, 0.05) is 9.75 Å². The lowest BCUT2D eigenvalue weighted by Gasteiger charge is -2.31. The molecule has 1 heterocycles. The van der Waals surface area contributed by atoms with E-state index in [1.54, 1.807) is 0 Å². The monoisotopic (exact) mass is 254 g/mol. The van der Waals surface area contributed by atoms with Crippen molar-refractivity contribution in [2.24, 2.45) is 0 Å². The zero-order valence-corrected chi connectivity index (χ0v) is 12.0. The van der Waals surface area contributed by atoms with E-state index in [-0.39, 0.29) is 5.41 Å². The molecule has 1 aromatic heterocycles. The summed E-state index contributed by atoms with van der Waals surface area (Å²) < 4.78 is 0. The standard InChI is InChI=1S/C17H18S/c1-12-8-9-16(18-12)14-10-11-17(2,3)15-7-5-4-6-13(14)15/h4-10H,11H2,1-3H3. The van der Waals surface area contributed by atoms with Gasteiger partial charge in [-0.2, -0.15) is 0 Å². The molecule has 92 valence electrons. The van der Waals surface area contributed by atoms with Crippen molar-refractivity contribution in [3.8, 4) is 0 Å². The van der Waals surface area contributed by atoms with Gasteiger partial charge in [0.2, 0.25) is 0 Å². The predicted octanol–water partition coefficient (Wildman–Crippen LogP) is 5.17. The second kappa shape index (κ2) is 4.10. The first-order chi connectivity index (χ1) is 8.58. The fourth-order valence-corrected chi connectivity index (χ4v) is 3.62. The highest BCUT2D eigenvalue weighted by atomic mass is 32.1. The lowest BCUT2D eigenvalue weighted by Crippen LogP contribution is -2.21. The summed E-state index contributed by atoms with van der Waals surface area (Å²) >= 11 is 1.89. The molecule has 0 fully saturated rings. The smallest absolute Gasteiger partial charge is 0.0348 e. The summed E-state index contributed by atoms with van der Waals surface area (Å²) in [5.74, 6) is 0. The first-order valence-corrected chi connectivity index (χ1v) is 7.26. The molecule has 1 heteroatoms.